The number of esters is 1. The van der Waals surface area contributed by atoms with Crippen molar-refractivity contribution in [2.45, 2.75) is 76.9 Å². The van der Waals surface area contributed by atoms with E-state index in [0.29, 0.717) is 44.6 Å². The van der Waals surface area contributed by atoms with E-state index in [9.17, 15) is 35.9 Å². The minimum absolute atomic E-state index is 0.0616. The number of alkyl halides is 6. The smallest absolute Gasteiger partial charge is 0.416 e. The average Bonchev–Trinajstić information content (AvgIpc) is 3.31. The first kappa shape index (κ1) is 30.2. The number of hydrogen-bond donors (Lipinski definition) is 1. The van der Waals surface area contributed by atoms with Crippen molar-refractivity contribution in [1.29, 1.82) is 0 Å². The van der Waals surface area contributed by atoms with Crippen molar-refractivity contribution in [3.05, 3.63) is 34.9 Å². The van der Waals surface area contributed by atoms with E-state index in [0.717, 1.165) is 12.8 Å². The van der Waals surface area contributed by atoms with Gasteiger partial charge in [-0.05, 0) is 61.8 Å². The second-order valence-electron chi connectivity index (χ2n) is 10.4. The van der Waals surface area contributed by atoms with Gasteiger partial charge in [0.05, 0.1) is 30.2 Å². The van der Waals surface area contributed by atoms with Crippen LogP contribution in [0.5, 0.6) is 0 Å². The highest BCUT2D eigenvalue weighted by Gasteiger charge is 2.50. The fourth-order valence-electron chi connectivity index (χ4n) is 5.59. The molecule has 2 fully saturated rings. The Bertz CT molecular complexity index is 959. The minimum atomic E-state index is -4.97. The number of halogens is 6. The molecule has 0 bridgehead atoms. The van der Waals surface area contributed by atoms with Crippen LogP contribution in [0, 0.1) is 11.3 Å². The third-order valence-electron chi connectivity index (χ3n) is 7.85. The lowest BCUT2D eigenvalue weighted by molar-refractivity contribution is -0.145. The average molecular weight is 553 g/mol. The van der Waals surface area contributed by atoms with Gasteiger partial charge >= 0.3 is 18.3 Å². The monoisotopic (exact) mass is 552 g/mol. The molecule has 2 atom stereocenters. The first-order valence-electron chi connectivity index (χ1n) is 12.6. The maximum absolute atomic E-state index is 13.5. The second-order valence-corrected chi connectivity index (χ2v) is 10.4. The zero-order chi connectivity index (χ0) is 28.3. The van der Waals surface area contributed by atoms with E-state index in [1.165, 1.54) is 7.11 Å². The molecule has 1 aromatic carbocycles. The Kier molecular flexibility index (Phi) is 9.39. The predicted octanol–water partition coefficient (Wildman–Crippen LogP) is 5.19. The van der Waals surface area contributed by atoms with Crippen LogP contribution >= 0.6 is 0 Å². The predicted molar refractivity (Wildman–Crippen MR) is 126 cm³/mol. The molecule has 1 saturated heterocycles. The van der Waals surface area contributed by atoms with Crippen molar-refractivity contribution in [3.8, 4) is 0 Å². The molecule has 1 aromatic rings. The summed E-state index contributed by atoms with van der Waals surface area (Å²) in [5.41, 5.74) is -4.03. The summed E-state index contributed by atoms with van der Waals surface area (Å²) in [6, 6.07) is 1.27. The zero-order valence-corrected chi connectivity index (χ0v) is 21.7. The third-order valence-corrected chi connectivity index (χ3v) is 7.85. The van der Waals surface area contributed by atoms with Crippen LogP contribution in [0.3, 0.4) is 0 Å². The molecule has 1 aliphatic heterocycles. The number of nitrogens with one attached hydrogen (secondary N) is 1. The summed E-state index contributed by atoms with van der Waals surface area (Å²) in [5.74, 6) is -0.978. The molecule has 214 valence electrons. The zero-order valence-electron chi connectivity index (χ0n) is 21.7. The first-order chi connectivity index (χ1) is 17.7. The van der Waals surface area contributed by atoms with Gasteiger partial charge in [0.2, 0.25) is 5.91 Å². The lowest BCUT2D eigenvalue weighted by atomic mass is 9.74. The minimum Gasteiger partial charge on any atom is -0.468 e. The lowest BCUT2D eigenvalue weighted by Gasteiger charge is -2.39. The van der Waals surface area contributed by atoms with Gasteiger partial charge < -0.3 is 14.8 Å². The molecule has 0 aromatic heterocycles. The number of nitrogens with zero attached hydrogens (tertiary/aromatic N) is 1. The highest BCUT2D eigenvalue weighted by Crippen LogP contribution is 2.47. The van der Waals surface area contributed by atoms with Crippen LogP contribution in [0.2, 0.25) is 0 Å². The molecule has 2 aliphatic rings. The normalized spacial score (nSPS) is 23.2. The van der Waals surface area contributed by atoms with Crippen molar-refractivity contribution >= 4 is 11.9 Å². The molecule has 1 amide bonds. The number of amides is 1. The number of methoxy groups -OCH3 is 1. The Labute approximate surface area is 218 Å². The molecule has 0 spiro atoms. The number of carbonyl (C=O) groups excluding carboxylic acids is 2. The highest BCUT2D eigenvalue weighted by atomic mass is 19.4. The summed E-state index contributed by atoms with van der Waals surface area (Å²) in [4.78, 5) is 27.7. The molecule has 1 saturated carbocycles. The van der Waals surface area contributed by atoms with Crippen LogP contribution in [0.1, 0.15) is 62.6 Å². The van der Waals surface area contributed by atoms with E-state index >= 15 is 0 Å². The summed E-state index contributed by atoms with van der Waals surface area (Å²) in [5, 5.41) is 2.61. The van der Waals surface area contributed by atoms with Crippen LogP contribution in [0.25, 0.3) is 0 Å². The van der Waals surface area contributed by atoms with Crippen molar-refractivity contribution in [2.24, 2.45) is 11.3 Å². The summed E-state index contributed by atoms with van der Waals surface area (Å²) < 4.78 is 89.7. The number of carbonyl (C=O) groups is 2. The Morgan fingerprint density at radius 2 is 1.61 bits per heavy atom. The number of ether oxygens (including phenoxy) is 2. The Morgan fingerprint density at radius 3 is 2.11 bits per heavy atom. The number of hydrogen-bond acceptors (Lipinski definition) is 5. The lowest BCUT2D eigenvalue weighted by Crippen LogP contribution is -2.49. The van der Waals surface area contributed by atoms with E-state index in [1.54, 1.807) is 0 Å². The van der Waals surface area contributed by atoms with Gasteiger partial charge in [-0.25, -0.2) is 0 Å². The standard InChI is InChI=1S/C26H34F6N2O4/c1-16(2)24(7-4-21(13-24)34(15-22(35)37-3)20-5-8-38-9-6-20)23(36)33-14-17-10-18(25(27,28)29)12-19(11-17)26(30,31)32/h10-12,16,20-21H,4-9,13-15H2,1-3H3,(H,33,36)/t21-,24+/m1/s1. The molecular formula is C26H34F6N2O4. The molecule has 12 heteroatoms. The molecule has 6 nitrogen and oxygen atoms in total. The molecule has 1 aliphatic carbocycles. The summed E-state index contributed by atoms with van der Waals surface area (Å²) in [6.07, 6.45) is -6.99. The molecule has 0 unspecified atom stereocenters. The van der Waals surface area contributed by atoms with Gasteiger partial charge in [-0.3, -0.25) is 14.5 Å². The first-order valence-corrected chi connectivity index (χ1v) is 12.6. The maximum Gasteiger partial charge on any atom is 0.416 e. The third kappa shape index (κ3) is 6.99. The van der Waals surface area contributed by atoms with Crippen molar-refractivity contribution < 1.29 is 45.4 Å². The Morgan fingerprint density at radius 1 is 1.03 bits per heavy atom. The van der Waals surface area contributed by atoms with Crippen molar-refractivity contribution in [3.63, 3.8) is 0 Å². The summed E-state index contributed by atoms with van der Waals surface area (Å²) >= 11 is 0. The largest absolute Gasteiger partial charge is 0.468 e. The van der Waals surface area contributed by atoms with Crippen LogP contribution in [0.4, 0.5) is 26.3 Å². The summed E-state index contributed by atoms with van der Waals surface area (Å²) in [6.45, 7) is 4.44. The molecule has 3 rings (SSSR count). The molecule has 1 N–H and O–H groups in total. The number of benzene rings is 1. The van der Waals surface area contributed by atoms with Gasteiger partial charge in [-0.1, -0.05) is 13.8 Å². The van der Waals surface area contributed by atoms with Gasteiger partial charge in [0.1, 0.15) is 0 Å². The van der Waals surface area contributed by atoms with Gasteiger partial charge in [-0.2, -0.15) is 26.3 Å². The highest BCUT2D eigenvalue weighted by molar-refractivity contribution is 5.83. The van der Waals surface area contributed by atoms with E-state index in [-0.39, 0.29) is 36.2 Å². The van der Waals surface area contributed by atoms with Gasteiger partial charge in [0.25, 0.3) is 0 Å². The van der Waals surface area contributed by atoms with Crippen LogP contribution < -0.4 is 5.32 Å². The van der Waals surface area contributed by atoms with Gasteiger partial charge in [-0.15, -0.1) is 0 Å². The molecular weight excluding hydrogens is 518 g/mol. The molecule has 0 radical (unpaired) electrons. The van der Waals surface area contributed by atoms with E-state index in [4.69, 9.17) is 9.47 Å². The quantitative estimate of drug-likeness (QED) is 0.355. The van der Waals surface area contributed by atoms with Crippen molar-refractivity contribution in [2.75, 3.05) is 26.9 Å². The molecule has 1 heterocycles. The fourth-order valence-corrected chi connectivity index (χ4v) is 5.59. The second kappa shape index (κ2) is 11.8. The van der Waals surface area contributed by atoms with Crippen LogP contribution in [-0.4, -0.2) is 55.7 Å². The topological polar surface area (TPSA) is 67.9 Å². The van der Waals surface area contributed by atoms with Crippen LogP contribution in [0.15, 0.2) is 18.2 Å². The Hall–Kier alpha value is -2.34. The summed E-state index contributed by atoms with van der Waals surface area (Å²) in [7, 11) is 1.31. The van der Waals surface area contributed by atoms with Gasteiger partial charge in [0, 0.05) is 31.8 Å². The maximum atomic E-state index is 13.5. The fraction of sp³-hybridized carbons (Fsp3) is 0.692. The van der Waals surface area contributed by atoms with E-state index < -0.39 is 47.3 Å². The van der Waals surface area contributed by atoms with Crippen LogP contribution in [-0.2, 0) is 38.0 Å². The number of rotatable bonds is 8. The SMILES string of the molecule is COC(=O)CN(C1CCOCC1)[C@@H]1CC[C@@](C(=O)NCc2cc(C(F)(F)F)cc(C(F)(F)F)c2)(C(C)C)C1. The molecule has 38 heavy (non-hydrogen) atoms. The van der Waals surface area contributed by atoms with Crippen molar-refractivity contribution in [1.82, 2.24) is 10.2 Å². The Balaban J connectivity index is 1.80. The van der Waals surface area contributed by atoms with E-state index in [1.807, 2.05) is 13.8 Å². The van der Waals surface area contributed by atoms with E-state index in [2.05, 4.69) is 10.2 Å². The van der Waals surface area contributed by atoms with Gasteiger partial charge in [0.15, 0.2) is 0 Å².